The van der Waals surface area contributed by atoms with Crippen LogP contribution in [0.1, 0.15) is 64.5 Å². The summed E-state index contributed by atoms with van der Waals surface area (Å²) in [4.78, 5) is 41.6. The number of fused-ring (bicyclic) bond motifs is 2. The monoisotopic (exact) mass is 928 g/mol. The van der Waals surface area contributed by atoms with Gasteiger partial charge in [0.1, 0.15) is 21.5 Å². The minimum Gasteiger partial charge on any atom is -0.744 e. The van der Waals surface area contributed by atoms with Gasteiger partial charge in [0.15, 0.2) is 5.91 Å². The molecule has 0 spiro atoms. The average molecular weight is 929 g/mol. The first kappa shape index (κ1) is 50.5. The number of rotatable bonds is 10. The maximum Gasteiger partial charge on any atom is 1.00 e. The first-order valence-electron chi connectivity index (χ1n) is 20.5. The Morgan fingerprint density at radius 1 is 0.642 bits per heavy atom. The molecule has 1 aliphatic heterocycles. The van der Waals surface area contributed by atoms with Gasteiger partial charge in [-0.1, -0.05) is 48.0 Å². The third-order valence-corrected chi connectivity index (χ3v) is 12.3. The number of nitrogens with one attached hydrogen (secondary N) is 4. The molecule has 2 amide bonds. The maximum absolute atomic E-state index is 13.4. The standard InChI is InChI=1S/C52H43N4O8S.2Na/c1-28-24-30(3)48(55-50(57)34-14-8-7-9-15-34)32(5)46(28)53-35-20-22-39-42(26-35)64-43-27-36(21-23-40(43)45(39)41-18-12-13-19-44(41)65(61,62)63)54-47-29(2)25-31(4)49(33(47)6)56-51(58)37-16-10-11-17-38(37)52(59)60;;/h7-14,16-27,54H,1-6H3,(H,55,57)(H,56,58)(H,59,60)(H,61,62,63);;/q-1;2*+1/p-1. The van der Waals surface area contributed by atoms with Crippen LogP contribution in [0.25, 0.3) is 33.4 Å². The fourth-order valence-electron chi connectivity index (χ4n) is 8.41. The molecule has 0 aromatic heterocycles. The predicted molar refractivity (Wildman–Crippen MR) is 247 cm³/mol. The Bertz CT molecular complexity index is 3430. The van der Waals surface area contributed by atoms with Crippen molar-refractivity contribution >= 4 is 67.3 Å². The van der Waals surface area contributed by atoms with Crippen LogP contribution >= 0.6 is 0 Å². The second kappa shape index (κ2) is 20.6. The van der Waals surface area contributed by atoms with E-state index in [2.05, 4.69) is 27.0 Å². The molecule has 0 radical (unpaired) electrons. The van der Waals surface area contributed by atoms with E-state index in [1.807, 2.05) is 65.8 Å². The Kier molecular flexibility index (Phi) is 15.5. The van der Waals surface area contributed by atoms with Crippen molar-refractivity contribution in [2.75, 3.05) is 16.0 Å². The summed E-state index contributed by atoms with van der Waals surface area (Å²) in [6.45, 7) is 11.4. The summed E-state index contributed by atoms with van der Waals surface area (Å²) in [5.41, 5.74) is 9.85. The quantitative estimate of drug-likeness (QED) is 0.0684. The van der Waals surface area contributed by atoms with Gasteiger partial charge in [0.25, 0.3) is 5.91 Å². The van der Waals surface area contributed by atoms with E-state index in [0.29, 0.717) is 67.1 Å². The van der Waals surface area contributed by atoms with Gasteiger partial charge in [-0.25, -0.2) is 13.4 Å². The number of amides is 2. The Labute approximate surface area is 432 Å². The number of carboxylic acids is 1. The number of carbonyl (C=O) groups is 3. The zero-order valence-electron chi connectivity index (χ0n) is 38.2. The molecule has 1 heterocycles. The van der Waals surface area contributed by atoms with Crippen LogP contribution in [-0.4, -0.2) is 30.8 Å². The average Bonchev–Trinajstić information content (AvgIpc) is 3.28. The van der Waals surface area contributed by atoms with E-state index >= 15 is 0 Å². The van der Waals surface area contributed by atoms with E-state index < -0.39 is 22.0 Å². The zero-order chi connectivity index (χ0) is 46.3. The van der Waals surface area contributed by atoms with Gasteiger partial charge in [0.05, 0.1) is 16.9 Å². The van der Waals surface area contributed by atoms with Crippen LogP contribution in [0, 0.1) is 47.6 Å². The smallest absolute Gasteiger partial charge is 0.744 e. The molecule has 4 N–H and O–H groups in total. The molecule has 6 aromatic rings. The van der Waals surface area contributed by atoms with E-state index in [0.717, 1.165) is 33.5 Å². The molecule has 0 unspecified atom stereocenters. The first-order valence-corrected chi connectivity index (χ1v) is 21.9. The maximum atomic E-state index is 13.4. The molecule has 6 aromatic carbocycles. The minimum atomic E-state index is -4.91. The van der Waals surface area contributed by atoms with E-state index in [9.17, 15) is 32.5 Å². The van der Waals surface area contributed by atoms with E-state index in [1.165, 1.54) is 30.3 Å². The molecule has 0 saturated heterocycles. The van der Waals surface area contributed by atoms with Gasteiger partial charge >= 0.3 is 59.1 Å². The molecule has 67 heavy (non-hydrogen) atoms. The van der Waals surface area contributed by atoms with E-state index in [4.69, 9.17) is 4.42 Å². The molecule has 0 fully saturated rings. The summed E-state index contributed by atoms with van der Waals surface area (Å²) in [6, 6.07) is 36.5. The number of carbonyl (C=O) groups excluding carboxylic acids is 3. The van der Waals surface area contributed by atoms with Crippen LogP contribution in [-0.2, 0) is 10.1 Å². The van der Waals surface area contributed by atoms with Crippen molar-refractivity contribution in [1.29, 1.82) is 0 Å². The number of benzene rings is 7. The summed E-state index contributed by atoms with van der Waals surface area (Å²) in [7, 11) is -4.91. The molecule has 12 nitrogen and oxygen atoms in total. The number of carboxylic acid groups (broad SMARTS) is 1. The number of hydrogen-bond donors (Lipinski definition) is 4. The van der Waals surface area contributed by atoms with Crippen LogP contribution in [0.3, 0.4) is 0 Å². The molecule has 1 aliphatic carbocycles. The third-order valence-electron chi connectivity index (χ3n) is 11.5. The van der Waals surface area contributed by atoms with E-state index in [1.54, 1.807) is 66.7 Å². The van der Waals surface area contributed by atoms with Crippen LogP contribution in [0.5, 0.6) is 0 Å². The second-order valence-corrected chi connectivity index (χ2v) is 17.2. The number of anilines is 4. The summed E-state index contributed by atoms with van der Waals surface area (Å²) < 4.78 is 44.8. The first-order chi connectivity index (χ1) is 31.0. The topological polar surface area (TPSA) is 195 Å². The Hall–Kier alpha value is -5.87. The molecule has 0 saturated carbocycles. The Balaban J connectivity index is 0.00000370. The van der Waals surface area contributed by atoms with Crippen LogP contribution in [0.15, 0.2) is 131 Å². The van der Waals surface area contributed by atoms with Gasteiger partial charge in [-0.05, 0) is 100 Å². The molecule has 326 valence electrons. The summed E-state index contributed by atoms with van der Waals surface area (Å²) in [6.07, 6.45) is 0. The molecule has 0 bridgehead atoms. The predicted octanol–water partition coefficient (Wildman–Crippen LogP) is 1.69. The second-order valence-electron chi connectivity index (χ2n) is 15.9. The van der Waals surface area contributed by atoms with Gasteiger partial charge in [0, 0.05) is 79.2 Å². The largest absolute Gasteiger partial charge is 1.00 e. The summed E-state index contributed by atoms with van der Waals surface area (Å²) >= 11 is 0. The van der Waals surface area contributed by atoms with E-state index in [-0.39, 0.29) is 86.6 Å². The van der Waals surface area contributed by atoms with Crippen LogP contribution in [0.4, 0.5) is 28.4 Å². The normalized spacial score (nSPS) is 11.4. The van der Waals surface area contributed by atoms with Crippen LogP contribution < -0.4 is 90.5 Å². The molecule has 2 aliphatic rings. The SMILES string of the molecule is Cc1cc(C)c(Nc2ccc3c(-c4ccccc4S(=O)(=O)[O-])c4ccc(=[NH+]c5c(C)cc(C)c(NC(=O)c6[c-]cccc6)c5C)cc-4oc3c2)c(C)c1NC(=O)c1ccccc1C(=O)[O-].[Na+].[Na+]. The number of aryl methyl sites for hydroxylation is 4. The third kappa shape index (κ3) is 10.3. The van der Waals surface area contributed by atoms with Gasteiger partial charge in [0.2, 0.25) is 11.0 Å². The van der Waals surface area contributed by atoms with Crippen molar-refractivity contribution in [1.82, 2.24) is 0 Å². The van der Waals surface area contributed by atoms with Crippen LogP contribution in [0.2, 0.25) is 0 Å². The van der Waals surface area contributed by atoms with Crippen molar-refractivity contribution in [2.45, 2.75) is 46.4 Å². The van der Waals surface area contributed by atoms with Gasteiger partial charge in [-0.3, -0.25) is 4.79 Å². The van der Waals surface area contributed by atoms with Crippen molar-refractivity contribution in [3.05, 3.63) is 183 Å². The zero-order valence-corrected chi connectivity index (χ0v) is 43.0. The summed E-state index contributed by atoms with van der Waals surface area (Å²) in [5.74, 6) is -1.98. The van der Waals surface area contributed by atoms with Gasteiger partial charge in [-0.15, -0.1) is 30.3 Å². The molecular weight excluding hydrogens is 887 g/mol. The van der Waals surface area contributed by atoms with Gasteiger partial charge in [-0.2, -0.15) is 0 Å². The van der Waals surface area contributed by atoms with Crippen molar-refractivity contribution in [3.63, 3.8) is 0 Å². The molecule has 0 atom stereocenters. The molecular formula is C52H42N4Na2O8S. The molecule has 15 heteroatoms. The van der Waals surface area contributed by atoms with Crippen molar-refractivity contribution < 1.29 is 101 Å². The fraction of sp³-hybridized carbons (Fsp3) is 0.115. The molecule has 8 rings (SSSR count). The van der Waals surface area contributed by atoms with Gasteiger partial charge < -0.3 is 39.6 Å². The minimum absolute atomic E-state index is 0. The number of aromatic carboxylic acids is 1. The Morgan fingerprint density at radius 2 is 1.27 bits per heavy atom. The summed E-state index contributed by atoms with van der Waals surface area (Å²) in [5, 5.41) is 22.4. The van der Waals surface area contributed by atoms with Crippen molar-refractivity contribution in [3.8, 4) is 22.5 Å². The number of hydrogen-bond acceptors (Lipinski definition) is 9. The Morgan fingerprint density at radius 3 is 1.96 bits per heavy atom. The fourth-order valence-corrected chi connectivity index (χ4v) is 9.10. The van der Waals surface area contributed by atoms with Crippen molar-refractivity contribution in [2.24, 2.45) is 0 Å².